The fourth-order valence-corrected chi connectivity index (χ4v) is 2.44. The lowest BCUT2D eigenvalue weighted by molar-refractivity contribution is 0.101. The average Bonchev–Trinajstić information content (AvgIpc) is 3.08. The lowest BCUT2D eigenvalue weighted by atomic mass is 10.2. The Bertz CT molecular complexity index is 1060. The van der Waals surface area contributed by atoms with Crippen molar-refractivity contribution in [2.75, 3.05) is 5.32 Å². The van der Waals surface area contributed by atoms with Crippen molar-refractivity contribution in [2.24, 2.45) is 0 Å². The number of aryl methyl sites for hydroxylation is 1. The monoisotopic (exact) mass is 432 g/mol. The maximum absolute atomic E-state index is 13.8. The van der Waals surface area contributed by atoms with E-state index >= 15 is 0 Å². The number of benzene rings is 2. The highest BCUT2D eigenvalue weighted by Gasteiger charge is 2.29. The SMILES string of the molecule is Cc1onc(C(=O)Nc2c(F)c(F)c(F)c(F)c2F)c1COc1ccc(Cl)cc1. The first kappa shape index (κ1) is 20.6. The molecule has 0 unspecified atom stereocenters. The smallest absolute Gasteiger partial charge is 0.278 e. The van der Waals surface area contributed by atoms with Gasteiger partial charge in [0.2, 0.25) is 5.82 Å². The number of rotatable bonds is 5. The van der Waals surface area contributed by atoms with E-state index in [1.807, 2.05) is 0 Å². The zero-order valence-corrected chi connectivity index (χ0v) is 15.2. The number of carbonyl (C=O) groups excluding carboxylic acids is 1. The van der Waals surface area contributed by atoms with Gasteiger partial charge in [-0.05, 0) is 31.2 Å². The molecule has 1 heterocycles. The number of halogens is 6. The molecule has 3 aromatic rings. The van der Waals surface area contributed by atoms with E-state index in [-0.39, 0.29) is 17.9 Å². The first-order chi connectivity index (χ1) is 13.7. The molecular weight excluding hydrogens is 423 g/mol. The number of anilines is 1. The third kappa shape index (κ3) is 4.02. The molecule has 29 heavy (non-hydrogen) atoms. The summed E-state index contributed by atoms with van der Waals surface area (Å²) in [5.41, 5.74) is -1.83. The van der Waals surface area contributed by atoms with E-state index < -0.39 is 46.4 Å². The van der Waals surface area contributed by atoms with Gasteiger partial charge in [0.15, 0.2) is 29.0 Å². The van der Waals surface area contributed by atoms with E-state index in [4.69, 9.17) is 20.9 Å². The summed E-state index contributed by atoms with van der Waals surface area (Å²) in [6, 6.07) is 6.24. The molecule has 0 spiro atoms. The van der Waals surface area contributed by atoms with E-state index in [0.29, 0.717) is 10.8 Å². The standard InChI is InChI=1S/C18H10ClF5N2O3/c1-7-10(6-28-9-4-2-8(19)3-5-9)16(26-29-7)18(27)25-17-14(23)12(21)11(20)13(22)15(17)24/h2-5H,6H2,1H3,(H,25,27). The Hall–Kier alpha value is -3.14. The molecule has 1 N–H and O–H groups in total. The van der Waals surface area contributed by atoms with Gasteiger partial charge in [0.1, 0.15) is 23.8 Å². The summed E-state index contributed by atoms with van der Waals surface area (Å²) in [6.45, 7) is 1.22. The van der Waals surface area contributed by atoms with Crippen LogP contribution >= 0.6 is 11.6 Å². The molecule has 0 fully saturated rings. The number of nitrogens with one attached hydrogen (secondary N) is 1. The Morgan fingerprint density at radius 1 is 1.03 bits per heavy atom. The Kier molecular flexibility index (Phi) is 5.73. The molecule has 3 rings (SSSR count). The highest BCUT2D eigenvalue weighted by molar-refractivity contribution is 6.30. The van der Waals surface area contributed by atoms with Gasteiger partial charge in [0, 0.05) is 5.02 Å². The molecule has 1 amide bonds. The van der Waals surface area contributed by atoms with Crippen LogP contribution in [-0.4, -0.2) is 11.1 Å². The number of ether oxygens (including phenoxy) is 1. The van der Waals surface area contributed by atoms with Gasteiger partial charge in [0.05, 0.1) is 5.56 Å². The summed E-state index contributed by atoms with van der Waals surface area (Å²) >= 11 is 5.77. The highest BCUT2D eigenvalue weighted by atomic mass is 35.5. The molecule has 0 aliphatic rings. The van der Waals surface area contributed by atoms with Crippen LogP contribution in [0.2, 0.25) is 5.02 Å². The molecule has 5 nitrogen and oxygen atoms in total. The number of aromatic nitrogens is 1. The number of carbonyl (C=O) groups is 1. The second-order valence-electron chi connectivity index (χ2n) is 5.71. The summed E-state index contributed by atoms with van der Waals surface area (Å²) in [6.07, 6.45) is 0. The fraction of sp³-hybridized carbons (Fsp3) is 0.111. The largest absolute Gasteiger partial charge is 0.489 e. The van der Waals surface area contributed by atoms with Gasteiger partial charge in [-0.2, -0.15) is 0 Å². The van der Waals surface area contributed by atoms with Crippen molar-refractivity contribution in [2.45, 2.75) is 13.5 Å². The van der Waals surface area contributed by atoms with E-state index in [1.54, 1.807) is 29.6 Å². The van der Waals surface area contributed by atoms with Crippen molar-refractivity contribution in [3.05, 3.63) is 75.4 Å². The molecule has 0 aliphatic heterocycles. The van der Waals surface area contributed by atoms with Gasteiger partial charge in [-0.15, -0.1) is 0 Å². The van der Waals surface area contributed by atoms with Crippen LogP contribution in [0, 0.1) is 36.0 Å². The van der Waals surface area contributed by atoms with Gasteiger partial charge in [-0.25, -0.2) is 22.0 Å². The van der Waals surface area contributed by atoms with Crippen LogP contribution in [0.4, 0.5) is 27.6 Å². The fourth-order valence-electron chi connectivity index (χ4n) is 2.31. The quantitative estimate of drug-likeness (QED) is 0.343. The molecule has 1 aromatic heterocycles. The Morgan fingerprint density at radius 2 is 1.59 bits per heavy atom. The van der Waals surface area contributed by atoms with Crippen molar-refractivity contribution in [3.63, 3.8) is 0 Å². The number of nitrogens with zero attached hydrogens (tertiary/aromatic N) is 1. The minimum atomic E-state index is -2.34. The van der Waals surface area contributed by atoms with Crippen LogP contribution in [0.3, 0.4) is 0 Å². The predicted octanol–water partition coefficient (Wildman–Crippen LogP) is 5.16. The van der Waals surface area contributed by atoms with Gasteiger partial charge in [-0.1, -0.05) is 16.8 Å². The van der Waals surface area contributed by atoms with Crippen LogP contribution in [0.1, 0.15) is 21.8 Å². The normalized spacial score (nSPS) is 10.9. The van der Waals surface area contributed by atoms with Gasteiger partial charge < -0.3 is 14.6 Å². The molecule has 11 heteroatoms. The maximum atomic E-state index is 13.8. The third-order valence-electron chi connectivity index (χ3n) is 3.84. The number of amides is 1. The van der Waals surface area contributed by atoms with Crippen molar-refractivity contribution >= 4 is 23.2 Å². The van der Waals surface area contributed by atoms with Crippen LogP contribution in [-0.2, 0) is 6.61 Å². The Balaban J connectivity index is 1.85. The van der Waals surface area contributed by atoms with Gasteiger partial charge in [0.25, 0.3) is 5.91 Å². The minimum Gasteiger partial charge on any atom is -0.489 e. The lowest BCUT2D eigenvalue weighted by Gasteiger charge is -2.10. The van der Waals surface area contributed by atoms with E-state index in [1.165, 1.54) is 6.92 Å². The molecule has 0 saturated carbocycles. The Morgan fingerprint density at radius 3 is 2.17 bits per heavy atom. The molecule has 0 saturated heterocycles. The van der Waals surface area contributed by atoms with Crippen molar-refractivity contribution < 1.29 is 36.0 Å². The van der Waals surface area contributed by atoms with Crippen LogP contribution in [0.5, 0.6) is 5.75 Å². The van der Waals surface area contributed by atoms with Crippen LogP contribution in [0.25, 0.3) is 0 Å². The second kappa shape index (κ2) is 8.08. The summed E-state index contributed by atoms with van der Waals surface area (Å²) < 4.78 is 77.6. The number of hydrogen-bond acceptors (Lipinski definition) is 4. The molecular formula is C18H10ClF5N2O3. The molecule has 0 radical (unpaired) electrons. The Labute approximate surface area is 165 Å². The topological polar surface area (TPSA) is 64.4 Å². The maximum Gasteiger partial charge on any atom is 0.278 e. The van der Waals surface area contributed by atoms with E-state index in [0.717, 1.165) is 0 Å². The zero-order valence-electron chi connectivity index (χ0n) is 14.5. The lowest BCUT2D eigenvalue weighted by Crippen LogP contribution is -2.19. The number of hydrogen-bond donors (Lipinski definition) is 1. The van der Waals surface area contributed by atoms with E-state index in [9.17, 15) is 26.7 Å². The second-order valence-corrected chi connectivity index (χ2v) is 6.14. The molecule has 2 aromatic carbocycles. The van der Waals surface area contributed by atoms with Gasteiger partial charge in [-0.3, -0.25) is 4.79 Å². The summed E-state index contributed by atoms with van der Waals surface area (Å²) in [7, 11) is 0. The van der Waals surface area contributed by atoms with Crippen molar-refractivity contribution in [3.8, 4) is 5.75 Å². The zero-order chi connectivity index (χ0) is 21.3. The first-order valence-corrected chi connectivity index (χ1v) is 8.24. The van der Waals surface area contributed by atoms with Crippen LogP contribution in [0.15, 0.2) is 28.8 Å². The first-order valence-electron chi connectivity index (χ1n) is 7.87. The van der Waals surface area contributed by atoms with E-state index in [2.05, 4.69) is 5.16 Å². The molecule has 152 valence electrons. The van der Waals surface area contributed by atoms with Crippen molar-refractivity contribution in [1.82, 2.24) is 5.16 Å². The third-order valence-corrected chi connectivity index (χ3v) is 4.10. The minimum absolute atomic E-state index is 0.112. The summed E-state index contributed by atoms with van der Waals surface area (Å²) in [5.74, 6) is -11.8. The summed E-state index contributed by atoms with van der Waals surface area (Å²) in [4.78, 5) is 12.3. The molecule has 0 bridgehead atoms. The summed E-state index contributed by atoms with van der Waals surface area (Å²) in [5, 5.41) is 5.57. The highest BCUT2D eigenvalue weighted by Crippen LogP contribution is 2.28. The van der Waals surface area contributed by atoms with Gasteiger partial charge >= 0.3 is 0 Å². The molecule has 0 aliphatic carbocycles. The average molecular weight is 433 g/mol. The van der Waals surface area contributed by atoms with Crippen molar-refractivity contribution in [1.29, 1.82) is 0 Å². The molecule has 0 atom stereocenters. The predicted molar refractivity (Wildman–Crippen MR) is 91.2 cm³/mol. The van der Waals surface area contributed by atoms with Crippen LogP contribution < -0.4 is 10.1 Å².